The lowest BCUT2D eigenvalue weighted by atomic mass is 9.98. The third-order valence-electron chi connectivity index (χ3n) is 6.75. The Morgan fingerprint density at radius 2 is 2.09 bits per heavy atom. The number of carbonyl (C=O) groups is 1. The Balaban J connectivity index is 1.26. The molecule has 7 nitrogen and oxygen atoms in total. The molecule has 0 spiro atoms. The van der Waals surface area contributed by atoms with Gasteiger partial charge in [-0.2, -0.15) is 4.98 Å². The summed E-state index contributed by atoms with van der Waals surface area (Å²) in [6, 6.07) is 16.6. The molecule has 4 aromatic rings. The van der Waals surface area contributed by atoms with Gasteiger partial charge in [0.25, 0.3) is 0 Å². The van der Waals surface area contributed by atoms with Crippen molar-refractivity contribution in [2.24, 2.45) is 7.05 Å². The number of halogens is 1. The summed E-state index contributed by atoms with van der Waals surface area (Å²) in [5.74, 6) is 0.369. The van der Waals surface area contributed by atoms with Gasteiger partial charge in [-0.25, -0.2) is 4.39 Å². The molecular formula is C27H23FN2O5. The molecule has 35 heavy (non-hydrogen) atoms. The Bertz CT molecular complexity index is 1460. The smallest absolute Gasteiger partial charge is 0.304 e. The van der Waals surface area contributed by atoms with Gasteiger partial charge in [0.15, 0.2) is 0 Å². The lowest BCUT2D eigenvalue weighted by molar-refractivity contribution is -0.137. The first-order chi connectivity index (χ1) is 17.0. The minimum atomic E-state index is -0.860. The van der Waals surface area contributed by atoms with Crippen LogP contribution in [-0.2, 0) is 18.3 Å². The van der Waals surface area contributed by atoms with E-state index in [2.05, 4.69) is 4.98 Å². The highest BCUT2D eigenvalue weighted by Crippen LogP contribution is 2.44. The quantitative estimate of drug-likeness (QED) is 0.396. The SMILES string of the molecule is Cn1c(Oc2ccc(F)c3c2CC[C@H]3Oc2ccc3c(c2)OC[C@H]3CC(=O)O)nc2ccccc21. The molecule has 2 atom stereocenters. The molecule has 1 aliphatic heterocycles. The molecular weight excluding hydrogens is 451 g/mol. The first-order valence-corrected chi connectivity index (χ1v) is 11.5. The minimum absolute atomic E-state index is 0.0166. The van der Waals surface area contributed by atoms with Gasteiger partial charge in [0.1, 0.15) is 29.2 Å². The van der Waals surface area contributed by atoms with Gasteiger partial charge in [-0.3, -0.25) is 9.36 Å². The lowest BCUT2D eigenvalue weighted by Crippen LogP contribution is -2.07. The van der Waals surface area contributed by atoms with E-state index in [4.69, 9.17) is 19.3 Å². The number of hydrogen-bond acceptors (Lipinski definition) is 5. The Morgan fingerprint density at radius 3 is 2.91 bits per heavy atom. The van der Waals surface area contributed by atoms with E-state index in [1.54, 1.807) is 18.2 Å². The standard InChI is InChI=1S/C27H23FN2O5/c1-30-21-5-3-2-4-20(21)29-27(30)35-22-11-9-19(28)26-18(22)8-10-23(26)34-16-6-7-17-15(12-25(31)32)14-33-24(17)13-16/h2-7,9,11,13,15,23H,8,10,12,14H2,1H3,(H,31,32)/t15-,23-/m1/s1. The molecule has 1 N–H and O–H groups in total. The zero-order chi connectivity index (χ0) is 24.1. The summed E-state index contributed by atoms with van der Waals surface area (Å²) in [7, 11) is 1.89. The van der Waals surface area contributed by atoms with Crippen molar-refractivity contribution >= 4 is 17.0 Å². The number of ether oxygens (including phenoxy) is 3. The van der Waals surface area contributed by atoms with Crippen molar-refractivity contribution in [3.63, 3.8) is 0 Å². The number of fused-ring (bicyclic) bond motifs is 3. The zero-order valence-corrected chi connectivity index (χ0v) is 19.0. The van der Waals surface area contributed by atoms with Gasteiger partial charge in [-0.15, -0.1) is 0 Å². The largest absolute Gasteiger partial charge is 0.492 e. The van der Waals surface area contributed by atoms with E-state index in [9.17, 15) is 9.18 Å². The van der Waals surface area contributed by atoms with E-state index >= 15 is 0 Å². The number of rotatable bonds is 6. The fourth-order valence-electron chi connectivity index (χ4n) is 5.04. The van der Waals surface area contributed by atoms with E-state index in [0.717, 1.165) is 22.2 Å². The second-order valence-corrected chi connectivity index (χ2v) is 8.93. The second-order valence-electron chi connectivity index (χ2n) is 8.93. The van der Waals surface area contributed by atoms with Gasteiger partial charge in [0.2, 0.25) is 0 Å². The van der Waals surface area contributed by atoms with Crippen molar-refractivity contribution in [1.29, 1.82) is 0 Å². The van der Waals surface area contributed by atoms with Crippen LogP contribution < -0.4 is 14.2 Å². The first-order valence-electron chi connectivity index (χ1n) is 11.5. The van der Waals surface area contributed by atoms with Crippen LogP contribution in [-0.4, -0.2) is 27.2 Å². The van der Waals surface area contributed by atoms with E-state index in [0.29, 0.717) is 48.3 Å². The predicted octanol–water partition coefficient (Wildman–Crippen LogP) is 5.52. The number of imidazole rings is 1. The van der Waals surface area contributed by atoms with Crippen molar-refractivity contribution in [2.75, 3.05) is 6.61 Å². The maximum absolute atomic E-state index is 15.0. The zero-order valence-electron chi connectivity index (χ0n) is 19.0. The van der Waals surface area contributed by atoms with Gasteiger partial charge in [0.05, 0.1) is 24.1 Å². The maximum atomic E-state index is 15.0. The summed E-state index contributed by atoms with van der Waals surface area (Å²) in [4.78, 5) is 15.7. The highest BCUT2D eigenvalue weighted by atomic mass is 19.1. The number of hydrogen-bond donors (Lipinski definition) is 1. The lowest BCUT2D eigenvalue weighted by Gasteiger charge is -2.17. The summed E-state index contributed by atoms with van der Waals surface area (Å²) < 4.78 is 34.9. The second kappa shape index (κ2) is 8.30. The van der Waals surface area contributed by atoms with Crippen molar-refractivity contribution in [3.8, 4) is 23.3 Å². The summed E-state index contributed by atoms with van der Waals surface area (Å²) >= 11 is 0. The van der Waals surface area contributed by atoms with E-state index in [1.807, 2.05) is 41.9 Å². The molecule has 2 aliphatic rings. The van der Waals surface area contributed by atoms with Gasteiger partial charge in [-0.1, -0.05) is 18.2 Å². The predicted molar refractivity (Wildman–Crippen MR) is 126 cm³/mol. The van der Waals surface area contributed by atoms with Crippen molar-refractivity contribution in [2.45, 2.75) is 31.3 Å². The third-order valence-corrected chi connectivity index (χ3v) is 6.75. The third kappa shape index (κ3) is 3.75. The van der Waals surface area contributed by atoms with Gasteiger partial charge >= 0.3 is 12.0 Å². The number of aryl methyl sites for hydroxylation is 1. The Morgan fingerprint density at radius 1 is 1.23 bits per heavy atom. The van der Waals surface area contributed by atoms with Crippen LogP contribution in [0.15, 0.2) is 54.6 Å². The minimum Gasteiger partial charge on any atom is -0.492 e. The van der Waals surface area contributed by atoms with Crippen LogP contribution in [0.25, 0.3) is 11.0 Å². The number of nitrogens with zero attached hydrogens (tertiary/aromatic N) is 2. The van der Waals surface area contributed by atoms with Gasteiger partial charge in [0, 0.05) is 35.7 Å². The van der Waals surface area contributed by atoms with Crippen LogP contribution in [0.5, 0.6) is 23.3 Å². The molecule has 178 valence electrons. The molecule has 1 aliphatic carbocycles. The molecule has 1 aromatic heterocycles. The fraction of sp³-hybridized carbons (Fsp3) is 0.259. The average molecular weight is 474 g/mol. The molecule has 0 fully saturated rings. The Labute approximate surface area is 200 Å². The number of carboxylic acid groups (broad SMARTS) is 1. The number of para-hydroxylation sites is 2. The van der Waals surface area contributed by atoms with Crippen molar-refractivity contribution in [3.05, 3.63) is 77.1 Å². The van der Waals surface area contributed by atoms with Gasteiger partial charge in [-0.05, 0) is 43.2 Å². The fourth-order valence-corrected chi connectivity index (χ4v) is 5.04. The number of carboxylic acids is 1. The van der Waals surface area contributed by atoms with Crippen molar-refractivity contribution < 1.29 is 28.5 Å². The highest BCUT2D eigenvalue weighted by Gasteiger charge is 2.32. The molecule has 0 radical (unpaired) electrons. The summed E-state index contributed by atoms with van der Waals surface area (Å²) in [6.07, 6.45) is 0.764. The number of aromatic nitrogens is 2. The maximum Gasteiger partial charge on any atom is 0.304 e. The Hall–Kier alpha value is -4.07. The average Bonchev–Trinajstić information content (AvgIpc) is 3.53. The van der Waals surface area contributed by atoms with Crippen LogP contribution in [0, 0.1) is 5.82 Å². The first kappa shape index (κ1) is 21.5. The highest BCUT2D eigenvalue weighted by molar-refractivity contribution is 5.76. The van der Waals surface area contributed by atoms with E-state index in [1.165, 1.54) is 6.07 Å². The molecule has 3 aromatic carbocycles. The molecule has 0 saturated heterocycles. The van der Waals surface area contributed by atoms with Crippen LogP contribution in [0.1, 0.15) is 41.6 Å². The monoisotopic (exact) mass is 474 g/mol. The molecule has 8 heteroatoms. The molecule has 0 saturated carbocycles. The van der Waals surface area contributed by atoms with Crippen LogP contribution in [0.3, 0.4) is 0 Å². The number of benzene rings is 3. The molecule has 2 heterocycles. The normalized spacial score (nSPS) is 18.2. The molecule has 0 unspecified atom stereocenters. The van der Waals surface area contributed by atoms with E-state index in [-0.39, 0.29) is 18.2 Å². The summed E-state index contributed by atoms with van der Waals surface area (Å²) in [6.45, 7) is 0.328. The van der Waals surface area contributed by atoms with Gasteiger partial charge < -0.3 is 19.3 Å². The van der Waals surface area contributed by atoms with Crippen LogP contribution >= 0.6 is 0 Å². The van der Waals surface area contributed by atoms with Crippen molar-refractivity contribution in [1.82, 2.24) is 9.55 Å². The number of aliphatic carboxylic acids is 1. The molecule has 0 bridgehead atoms. The topological polar surface area (TPSA) is 82.8 Å². The molecule has 6 rings (SSSR count). The van der Waals surface area contributed by atoms with E-state index < -0.39 is 12.1 Å². The summed E-state index contributed by atoms with van der Waals surface area (Å²) in [5, 5.41) is 9.10. The summed E-state index contributed by atoms with van der Waals surface area (Å²) in [5.41, 5.74) is 3.91. The molecule has 0 amide bonds. The van der Waals surface area contributed by atoms with Crippen LogP contribution in [0.2, 0.25) is 0 Å². The van der Waals surface area contributed by atoms with Crippen LogP contribution in [0.4, 0.5) is 4.39 Å². The Kier molecular flexibility index (Phi) is 5.09.